The van der Waals surface area contributed by atoms with Gasteiger partial charge in [-0.05, 0) is 31.0 Å². The lowest BCUT2D eigenvalue weighted by Crippen LogP contribution is -2.39. The average Bonchev–Trinajstić information content (AvgIpc) is 3.04. The van der Waals surface area contributed by atoms with Crippen molar-refractivity contribution < 1.29 is 4.79 Å². The van der Waals surface area contributed by atoms with Crippen LogP contribution in [0.3, 0.4) is 0 Å². The maximum atomic E-state index is 12.6. The van der Waals surface area contributed by atoms with Gasteiger partial charge in [-0.3, -0.25) is 9.89 Å². The number of rotatable bonds is 2. The van der Waals surface area contributed by atoms with Crippen molar-refractivity contribution in [3.05, 3.63) is 51.8 Å². The number of nitrogens with one attached hydrogen (secondary N) is 1. The van der Waals surface area contributed by atoms with Crippen molar-refractivity contribution in [2.75, 3.05) is 13.1 Å². The van der Waals surface area contributed by atoms with Crippen molar-refractivity contribution in [1.29, 1.82) is 0 Å². The van der Waals surface area contributed by atoms with Gasteiger partial charge in [-0.2, -0.15) is 5.10 Å². The maximum Gasteiger partial charge on any atom is 0.255 e. The van der Waals surface area contributed by atoms with Crippen LogP contribution in [0.4, 0.5) is 0 Å². The summed E-state index contributed by atoms with van der Waals surface area (Å²) in [7, 11) is 0. The van der Waals surface area contributed by atoms with Gasteiger partial charge < -0.3 is 4.90 Å². The molecule has 1 aliphatic rings. The molecular formula is C15H15Cl2N3O. The minimum Gasteiger partial charge on any atom is -0.338 e. The summed E-state index contributed by atoms with van der Waals surface area (Å²) < 4.78 is 0. The number of benzene rings is 1. The van der Waals surface area contributed by atoms with Gasteiger partial charge in [-0.15, -0.1) is 0 Å². The fraction of sp³-hybridized carbons (Fsp3) is 0.333. The molecule has 21 heavy (non-hydrogen) atoms. The molecule has 110 valence electrons. The number of H-pyrrole nitrogens is 1. The SMILES string of the molecule is O=C(c1cccc(Cl)c1Cl)N1CCCC(c2ccn[nH]2)C1. The number of carbonyl (C=O) groups is 1. The summed E-state index contributed by atoms with van der Waals surface area (Å²) >= 11 is 12.1. The molecule has 0 bridgehead atoms. The predicted molar refractivity (Wildman–Crippen MR) is 82.9 cm³/mol. The topological polar surface area (TPSA) is 49.0 Å². The van der Waals surface area contributed by atoms with E-state index in [4.69, 9.17) is 23.2 Å². The fourth-order valence-electron chi connectivity index (χ4n) is 2.75. The lowest BCUT2D eigenvalue weighted by molar-refractivity contribution is 0.0706. The molecule has 1 unspecified atom stereocenters. The molecule has 1 atom stereocenters. The van der Waals surface area contributed by atoms with Crippen LogP contribution in [0.2, 0.25) is 10.0 Å². The van der Waals surface area contributed by atoms with E-state index >= 15 is 0 Å². The van der Waals surface area contributed by atoms with Crippen molar-refractivity contribution >= 4 is 29.1 Å². The molecule has 1 aromatic carbocycles. The highest BCUT2D eigenvalue weighted by Crippen LogP contribution is 2.30. The van der Waals surface area contributed by atoms with Crippen LogP contribution in [0.25, 0.3) is 0 Å². The molecular weight excluding hydrogens is 309 g/mol. The Balaban J connectivity index is 1.80. The van der Waals surface area contributed by atoms with E-state index in [9.17, 15) is 4.79 Å². The molecule has 1 saturated heterocycles. The van der Waals surface area contributed by atoms with E-state index in [1.165, 1.54) is 0 Å². The smallest absolute Gasteiger partial charge is 0.255 e. The Kier molecular flexibility index (Phi) is 4.17. The zero-order chi connectivity index (χ0) is 14.8. The highest BCUT2D eigenvalue weighted by Gasteiger charge is 2.27. The lowest BCUT2D eigenvalue weighted by Gasteiger charge is -2.32. The highest BCUT2D eigenvalue weighted by atomic mass is 35.5. The van der Waals surface area contributed by atoms with E-state index in [1.807, 2.05) is 11.0 Å². The fourth-order valence-corrected chi connectivity index (χ4v) is 3.13. The third-order valence-electron chi connectivity index (χ3n) is 3.85. The summed E-state index contributed by atoms with van der Waals surface area (Å²) in [6, 6.07) is 7.11. The summed E-state index contributed by atoms with van der Waals surface area (Å²) in [6.45, 7) is 1.41. The van der Waals surface area contributed by atoms with Crippen LogP contribution in [-0.4, -0.2) is 34.1 Å². The van der Waals surface area contributed by atoms with E-state index < -0.39 is 0 Å². The quantitative estimate of drug-likeness (QED) is 0.915. The largest absolute Gasteiger partial charge is 0.338 e. The Morgan fingerprint density at radius 1 is 1.33 bits per heavy atom. The van der Waals surface area contributed by atoms with Gasteiger partial charge in [0.2, 0.25) is 0 Å². The van der Waals surface area contributed by atoms with Gasteiger partial charge in [0, 0.05) is 30.9 Å². The van der Waals surface area contributed by atoms with Gasteiger partial charge in [-0.1, -0.05) is 29.3 Å². The van der Waals surface area contributed by atoms with Crippen LogP contribution in [0.15, 0.2) is 30.5 Å². The Bertz CT molecular complexity index is 642. The van der Waals surface area contributed by atoms with Crippen LogP contribution in [-0.2, 0) is 0 Å². The molecule has 0 radical (unpaired) electrons. The summed E-state index contributed by atoms with van der Waals surface area (Å²) in [5, 5.41) is 7.71. The molecule has 0 spiro atoms. The first-order chi connectivity index (χ1) is 10.2. The van der Waals surface area contributed by atoms with Gasteiger partial charge in [0.15, 0.2) is 0 Å². The molecule has 1 fully saturated rings. The van der Waals surface area contributed by atoms with Crippen molar-refractivity contribution in [2.45, 2.75) is 18.8 Å². The Labute approximate surface area is 133 Å². The minimum atomic E-state index is -0.0632. The number of aromatic nitrogens is 2. The second-order valence-electron chi connectivity index (χ2n) is 5.20. The Morgan fingerprint density at radius 2 is 2.19 bits per heavy atom. The molecule has 3 rings (SSSR count). The normalized spacial score (nSPS) is 18.8. The number of hydrogen-bond acceptors (Lipinski definition) is 2. The van der Waals surface area contributed by atoms with E-state index in [0.29, 0.717) is 28.1 Å². The van der Waals surface area contributed by atoms with E-state index in [1.54, 1.807) is 24.4 Å². The first-order valence-electron chi connectivity index (χ1n) is 6.89. The molecule has 1 aliphatic heterocycles. The Hall–Kier alpha value is -1.52. The highest BCUT2D eigenvalue weighted by molar-refractivity contribution is 6.43. The van der Waals surface area contributed by atoms with Crippen LogP contribution < -0.4 is 0 Å². The van der Waals surface area contributed by atoms with Crippen LogP contribution >= 0.6 is 23.2 Å². The van der Waals surface area contributed by atoms with Gasteiger partial charge >= 0.3 is 0 Å². The van der Waals surface area contributed by atoms with Gasteiger partial charge in [0.05, 0.1) is 15.6 Å². The molecule has 2 aromatic rings. The minimum absolute atomic E-state index is 0.0632. The number of aromatic amines is 1. The molecule has 0 aliphatic carbocycles. The van der Waals surface area contributed by atoms with Crippen molar-refractivity contribution in [1.82, 2.24) is 15.1 Å². The molecule has 1 N–H and O–H groups in total. The van der Waals surface area contributed by atoms with E-state index in [2.05, 4.69) is 10.2 Å². The molecule has 6 heteroatoms. The van der Waals surface area contributed by atoms with E-state index in [-0.39, 0.29) is 5.91 Å². The van der Waals surface area contributed by atoms with Crippen molar-refractivity contribution in [3.8, 4) is 0 Å². The van der Waals surface area contributed by atoms with Crippen LogP contribution in [0.1, 0.15) is 34.8 Å². The number of carbonyl (C=O) groups excluding carboxylic acids is 1. The predicted octanol–water partition coefficient (Wildman–Crippen LogP) is 3.74. The number of piperidine rings is 1. The molecule has 4 nitrogen and oxygen atoms in total. The number of amides is 1. The van der Waals surface area contributed by atoms with E-state index in [0.717, 1.165) is 25.1 Å². The molecule has 2 heterocycles. The van der Waals surface area contributed by atoms with Crippen molar-refractivity contribution in [3.63, 3.8) is 0 Å². The van der Waals surface area contributed by atoms with Crippen molar-refractivity contribution in [2.24, 2.45) is 0 Å². The maximum absolute atomic E-state index is 12.6. The summed E-state index contributed by atoms with van der Waals surface area (Å²) in [4.78, 5) is 14.5. The van der Waals surface area contributed by atoms with Gasteiger partial charge in [0.25, 0.3) is 5.91 Å². The summed E-state index contributed by atoms with van der Waals surface area (Å²) in [6.07, 6.45) is 3.76. The monoisotopic (exact) mass is 323 g/mol. The third kappa shape index (κ3) is 2.92. The number of hydrogen-bond donors (Lipinski definition) is 1. The van der Waals surface area contributed by atoms with Gasteiger partial charge in [-0.25, -0.2) is 0 Å². The second kappa shape index (κ2) is 6.08. The van der Waals surface area contributed by atoms with Crippen LogP contribution in [0.5, 0.6) is 0 Å². The average molecular weight is 324 g/mol. The number of nitrogens with zero attached hydrogens (tertiary/aromatic N) is 2. The zero-order valence-electron chi connectivity index (χ0n) is 11.4. The Morgan fingerprint density at radius 3 is 2.95 bits per heavy atom. The third-order valence-corrected chi connectivity index (χ3v) is 4.67. The molecule has 1 amide bonds. The second-order valence-corrected chi connectivity index (χ2v) is 5.99. The first kappa shape index (κ1) is 14.4. The first-order valence-corrected chi connectivity index (χ1v) is 7.65. The number of halogens is 2. The van der Waals surface area contributed by atoms with Crippen LogP contribution in [0, 0.1) is 0 Å². The summed E-state index contributed by atoms with van der Waals surface area (Å²) in [5.41, 5.74) is 1.54. The number of likely N-dealkylation sites (tertiary alicyclic amines) is 1. The standard InChI is InChI=1S/C15H15Cl2N3O/c16-12-5-1-4-11(14(12)17)15(21)20-8-2-3-10(9-20)13-6-7-18-19-13/h1,4-7,10H,2-3,8-9H2,(H,18,19). The lowest BCUT2D eigenvalue weighted by atomic mass is 9.94. The molecule has 1 aromatic heterocycles. The zero-order valence-corrected chi connectivity index (χ0v) is 12.9. The molecule has 0 saturated carbocycles. The summed E-state index contributed by atoms with van der Waals surface area (Å²) in [5.74, 6) is 0.231. The van der Waals surface area contributed by atoms with Gasteiger partial charge in [0.1, 0.15) is 0 Å².